The highest BCUT2D eigenvalue weighted by Gasteiger charge is 2.36. The van der Waals surface area contributed by atoms with E-state index in [0.29, 0.717) is 6.07 Å². The third-order valence-electron chi connectivity index (χ3n) is 4.28. The van der Waals surface area contributed by atoms with E-state index in [1.807, 2.05) is 0 Å². The van der Waals surface area contributed by atoms with Gasteiger partial charge in [0.15, 0.2) is 0 Å². The van der Waals surface area contributed by atoms with E-state index in [0.717, 1.165) is 41.3 Å². The third-order valence-corrected chi connectivity index (χ3v) is 5.21. The van der Waals surface area contributed by atoms with Crippen molar-refractivity contribution in [2.24, 2.45) is 5.14 Å². The topological polar surface area (TPSA) is 139 Å². The van der Waals surface area contributed by atoms with Gasteiger partial charge in [-0.3, -0.25) is 14.5 Å². The minimum atomic E-state index is -4.83. The molecule has 0 fully saturated rings. The Kier molecular flexibility index (Phi) is 6.25. The van der Waals surface area contributed by atoms with Crippen molar-refractivity contribution in [2.45, 2.75) is 11.1 Å². The van der Waals surface area contributed by atoms with Crippen LogP contribution in [0.2, 0.25) is 0 Å². The maximum atomic E-state index is 13.6. The van der Waals surface area contributed by atoms with E-state index < -0.39 is 45.9 Å². The molecule has 0 spiro atoms. The summed E-state index contributed by atoms with van der Waals surface area (Å²) in [6.07, 6.45) is -3.91. The van der Waals surface area contributed by atoms with E-state index in [-0.39, 0.29) is 28.6 Å². The second-order valence-corrected chi connectivity index (χ2v) is 8.09. The minimum Gasteiger partial charge on any atom is -0.457 e. The number of nitrogens with one attached hydrogen (secondary N) is 1. The molecule has 0 radical (unpaired) electrons. The Hall–Kier alpha value is -3.42. The first kappa shape index (κ1) is 23.2. The molecule has 9 nitrogen and oxygen atoms in total. The molecule has 0 bridgehead atoms. The fourth-order valence-electron chi connectivity index (χ4n) is 2.81. The van der Waals surface area contributed by atoms with Crippen LogP contribution >= 0.6 is 0 Å². The highest BCUT2D eigenvalue weighted by Crippen LogP contribution is 2.40. The van der Waals surface area contributed by atoms with Gasteiger partial charge in [-0.05, 0) is 42.5 Å². The van der Waals surface area contributed by atoms with Gasteiger partial charge in [0.1, 0.15) is 22.8 Å². The quantitative estimate of drug-likeness (QED) is 0.524. The number of imide groups is 1. The van der Waals surface area contributed by atoms with Crippen LogP contribution < -0.4 is 15.2 Å². The van der Waals surface area contributed by atoms with Crippen molar-refractivity contribution in [3.05, 3.63) is 59.8 Å². The summed E-state index contributed by atoms with van der Waals surface area (Å²) < 4.78 is 68.6. The van der Waals surface area contributed by atoms with Gasteiger partial charge >= 0.3 is 6.18 Å². The lowest BCUT2D eigenvalue weighted by Crippen LogP contribution is -2.34. The summed E-state index contributed by atoms with van der Waals surface area (Å²) >= 11 is 0. The average Bonchev–Trinajstić information content (AvgIpc) is 2.96. The second kappa shape index (κ2) is 8.61. The van der Waals surface area contributed by atoms with Gasteiger partial charge in [0.05, 0.1) is 18.0 Å². The number of nitrogens with zero attached hydrogens (tertiary/aromatic N) is 1. The SMILES string of the molecule is NS(=O)(=O)c1ccc(Oc2ccc(NC3=CC(=O)N(CCO)C3=O)cc2C(F)(F)F)cc1. The number of sulfonamides is 1. The number of benzene rings is 2. The minimum absolute atomic E-state index is 0.0671. The highest BCUT2D eigenvalue weighted by molar-refractivity contribution is 7.89. The van der Waals surface area contributed by atoms with Crippen molar-refractivity contribution < 1.29 is 41.0 Å². The molecular weight excluding hydrogens is 455 g/mol. The molecule has 2 amide bonds. The first-order valence-electron chi connectivity index (χ1n) is 8.87. The highest BCUT2D eigenvalue weighted by atomic mass is 32.2. The largest absolute Gasteiger partial charge is 0.457 e. The van der Waals surface area contributed by atoms with Gasteiger partial charge < -0.3 is 15.2 Å². The lowest BCUT2D eigenvalue weighted by molar-refractivity contribution is -0.139. The van der Waals surface area contributed by atoms with Gasteiger partial charge in [-0.15, -0.1) is 0 Å². The summed E-state index contributed by atoms with van der Waals surface area (Å²) in [6.45, 7) is -0.703. The van der Waals surface area contributed by atoms with Crippen LogP contribution in [-0.2, 0) is 25.8 Å². The van der Waals surface area contributed by atoms with Crippen LogP contribution in [0.3, 0.4) is 0 Å². The Morgan fingerprint density at radius 1 is 1.09 bits per heavy atom. The Morgan fingerprint density at radius 3 is 2.31 bits per heavy atom. The third kappa shape index (κ3) is 5.07. The summed E-state index contributed by atoms with van der Waals surface area (Å²) in [4.78, 5) is 24.4. The molecule has 0 atom stereocenters. The average molecular weight is 471 g/mol. The van der Waals surface area contributed by atoms with Crippen molar-refractivity contribution in [3.63, 3.8) is 0 Å². The molecule has 3 rings (SSSR count). The molecule has 1 aliphatic rings. The van der Waals surface area contributed by atoms with Crippen molar-refractivity contribution in [3.8, 4) is 11.5 Å². The first-order valence-corrected chi connectivity index (χ1v) is 10.4. The summed E-state index contributed by atoms with van der Waals surface area (Å²) in [7, 11) is -3.98. The smallest absolute Gasteiger partial charge is 0.420 e. The maximum Gasteiger partial charge on any atom is 0.420 e. The number of carbonyl (C=O) groups excluding carboxylic acids is 2. The van der Waals surface area contributed by atoms with E-state index in [4.69, 9.17) is 15.0 Å². The van der Waals surface area contributed by atoms with Crippen molar-refractivity contribution in [1.29, 1.82) is 0 Å². The molecule has 1 heterocycles. The van der Waals surface area contributed by atoms with Gasteiger partial charge in [0.25, 0.3) is 11.8 Å². The molecule has 1 aliphatic heterocycles. The van der Waals surface area contributed by atoms with E-state index in [2.05, 4.69) is 5.32 Å². The molecule has 2 aromatic rings. The van der Waals surface area contributed by atoms with E-state index in [1.54, 1.807) is 0 Å². The fraction of sp³-hybridized carbons (Fsp3) is 0.158. The van der Waals surface area contributed by atoms with Crippen LogP contribution in [0.1, 0.15) is 5.56 Å². The van der Waals surface area contributed by atoms with Crippen molar-refractivity contribution in [1.82, 2.24) is 4.90 Å². The number of hydrogen-bond donors (Lipinski definition) is 3. The van der Waals surface area contributed by atoms with Gasteiger partial charge in [-0.2, -0.15) is 13.2 Å². The number of anilines is 1. The molecule has 0 aromatic heterocycles. The number of aliphatic hydroxyl groups excluding tert-OH is 1. The molecule has 32 heavy (non-hydrogen) atoms. The van der Waals surface area contributed by atoms with Crippen LogP contribution in [0.5, 0.6) is 11.5 Å². The first-order chi connectivity index (χ1) is 14.9. The predicted octanol–water partition coefficient (Wildman–Crippen LogP) is 1.80. The Morgan fingerprint density at radius 2 is 1.75 bits per heavy atom. The number of nitrogens with two attached hydrogens (primary N) is 1. The summed E-state index contributed by atoms with van der Waals surface area (Å²) in [6, 6.07) is 7.37. The number of alkyl halides is 3. The number of aliphatic hydroxyl groups is 1. The molecule has 170 valence electrons. The van der Waals surface area contributed by atoms with Crippen LogP contribution in [-0.4, -0.2) is 43.4 Å². The van der Waals surface area contributed by atoms with E-state index in [1.165, 1.54) is 6.07 Å². The van der Waals surface area contributed by atoms with E-state index >= 15 is 0 Å². The monoisotopic (exact) mass is 471 g/mol. The zero-order chi connectivity index (χ0) is 23.7. The number of carbonyl (C=O) groups is 2. The zero-order valence-corrected chi connectivity index (χ0v) is 16.9. The molecular formula is C19H16F3N3O6S. The van der Waals surface area contributed by atoms with Crippen LogP contribution in [0, 0.1) is 0 Å². The summed E-state index contributed by atoms with van der Waals surface area (Å²) in [5, 5.41) is 16.4. The molecule has 4 N–H and O–H groups in total. The number of rotatable bonds is 7. The normalized spacial score (nSPS) is 14.5. The zero-order valence-electron chi connectivity index (χ0n) is 16.1. The molecule has 0 saturated carbocycles. The number of β-amino-alcohol motifs (C(OH)–C–C–N with tert-alkyl or cyclic N) is 1. The number of ether oxygens (including phenoxy) is 1. The van der Waals surface area contributed by atoms with Gasteiger partial charge in [0.2, 0.25) is 10.0 Å². The van der Waals surface area contributed by atoms with Crippen molar-refractivity contribution >= 4 is 27.5 Å². The molecule has 0 aliphatic carbocycles. The van der Waals surface area contributed by atoms with Crippen LogP contribution in [0.4, 0.5) is 18.9 Å². The number of primary sulfonamides is 1. The van der Waals surface area contributed by atoms with Gasteiger partial charge in [-0.25, -0.2) is 13.6 Å². The fourth-order valence-corrected chi connectivity index (χ4v) is 3.32. The second-order valence-electron chi connectivity index (χ2n) is 6.53. The van der Waals surface area contributed by atoms with Gasteiger partial charge in [0, 0.05) is 11.8 Å². The molecule has 13 heteroatoms. The van der Waals surface area contributed by atoms with Crippen LogP contribution in [0.15, 0.2) is 59.1 Å². The Balaban J connectivity index is 1.86. The molecule has 0 unspecified atom stereocenters. The lowest BCUT2D eigenvalue weighted by Gasteiger charge is -2.17. The summed E-state index contributed by atoms with van der Waals surface area (Å²) in [5.41, 5.74) is -1.56. The Labute approximate surface area is 179 Å². The van der Waals surface area contributed by atoms with Crippen LogP contribution in [0.25, 0.3) is 0 Å². The lowest BCUT2D eigenvalue weighted by atomic mass is 10.1. The maximum absolute atomic E-state index is 13.6. The number of hydrogen-bond acceptors (Lipinski definition) is 7. The molecule has 0 saturated heterocycles. The summed E-state index contributed by atoms with van der Waals surface area (Å²) in [5.74, 6) is -2.13. The number of amides is 2. The van der Waals surface area contributed by atoms with E-state index in [9.17, 15) is 31.2 Å². The standard InChI is InChI=1S/C19H16F3N3O6S/c20-19(21,22)14-9-11(24-15-10-17(27)25(7-8-26)18(15)28)1-6-16(14)31-12-2-4-13(5-3-12)32(23,29)30/h1-6,9-10,24,26H,7-8H2,(H2,23,29,30). The molecule has 2 aromatic carbocycles. The van der Waals surface area contributed by atoms with Crippen molar-refractivity contribution in [2.75, 3.05) is 18.5 Å². The Bertz CT molecular complexity index is 1190. The predicted molar refractivity (Wildman–Crippen MR) is 105 cm³/mol. The van der Waals surface area contributed by atoms with Gasteiger partial charge in [-0.1, -0.05) is 0 Å². The number of halogens is 3.